The predicted molar refractivity (Wildman–Crippen MR) is 106 cm³/mol. The van der Waals surface area contributed by atoms with E-state index in [-0.39, 0.29) is 12.0 Å². The van der Waals surface area contributed by atoms with Gasteiger partial charge in [-0.2, -0.15) is 10.1 Å². The molecular formula is C18H22N6O2S. The molecule has 27 heavy (non-hydrogen) atoms. The lowest BCUT2D eigenvalue weighted by Gasteiger charge is -2.23. The molecule has 8 nitrogen and oxygen atoms in total. The molecule has 142 valence electrons. The van der Waals surface area contributed by atoms with Crippen LogP contribution in [0.15, 0.2) is 17.5 Å². The molecule has 0 amide bonds. The number of esters is 1. The third-order valence-electron chi connectivity index (χ3n) is 4.74. The van der Waals surface area contributed by atoms with Gasteiger partial charge in [-0.25, -0.2) is 9.78 Å². The maximum absolute atomic E-state index is 12.1. The highest BCUT2D eigenvalue weighted by Gasteiger charge is 2.33. The minimum absolute atomic E-state index is 0.245. The molecule has 0 aliphatic carbocycles. The van der Waals surface area contributed by atoms with Crippen molar-refractivity contribution in [3.05, 3.63) is 23.2 Å². The van der Waals surface area contributed by atoms with Crippen molar-refractivity contribution >= 4 is 45.1 Å². The number of aromatic nitrogens is 4. The normalized spacial score (nSPS) is 17.0. The van der Waals surface area contributed by atoms with Crippen LogP contribution in [0.5, 0.6) is 0 Å². The van der Waals surface area contributed by atoms with Gasteiger partial charge in [-0.05, 0) is 30.2 Å². The van der Waals surface area contributed by atoms with E-state index in [1.165, 1.54) is 7.11 Å². The smallest absolute Gasteiger partial charge is 0.328 e. The third kappa shape index (κ3) is 3.34. The Labute approximate surface area is 161 Å². The summed E-state index contributed by atoms with van der Waals surface area (Å²) < 4.78 is 5.91. The lowest BCUT2D eigenvalue weighted by Crippen LogP contribution is -2.38. The molecule has 3 aromatic rings. The molecule has 1 aliphatic rings. The van der Waals surface area contributed by atoms with Gasteiger partial charge in [0.2, 0.25) is 5.95 Å². The van der Waals surface area contributed by atoms with Crippen LogP contribution in [0.4, 0.5) is 17.6 Å². The molecule has 4 rings (SSSR count). The Bertz CT molecular complexity index is 966. The van der Waals surface area contributed by atoms with Crippen LogP contribution < -0.4 is 10.2 Å². The summed E-state index contributed by atoms with van der Waals surface area (Å²) in [6.07, 6.45) is 1.66. The van der Waals surface area contributed by atoms with E-state index in [1.807, 2.05) is 22.4 Å². The number of rotatable bonds is 5. The first-order chi connectivity index (χ1) is 13.1. The van der Waals surface area contributed by atoms with Gasteiger partial charge in [0.15, 0.2) is 11.6 Å². The minimum Gasteiger partial charge on any atom is -0.467 e. The molecule has 1 fully saturated rings. The van der Waals surface area contributed by atoms with Crippen LogP contribution in [0.1, 0.15) is 38.3 Å². The quantitative estimate of drug-likeness (QED) is 0.649. The summed E-state index contributed by atoms with van der Waals surface area (Å²) in [4.78, 5) is 23.4. The largest absolute Gasteiger partial charge is 0.467 e. The van der Waals surface area contributed by atoms with Crippen LogP contribution in [-0.2, 0) is 9.53 Å². The van der Waals surface area contributed by atoms with Crippen molar-refractivity contribution in [1.29, 1.82) is 0 Å². The van der Waals surface area contributed by atoms with Crippen LogP contribution in [0.3, 0.4) is 0 Å². The van der Waals surface area contributed by atoms with Gasteiger partial charge in [-0.15, -0.1) is 11.3 Å². The van der Waals surface area contributed by atoms with Gasteiger partial charge in [-0.3, -0.25) is 5.10 Å². The van der Waals surface area contributed by atoms with Crippen LogP contribution in [0, 0.1) is 0 Å². The summed E-state index contributed by atoms with van der Waals surface area (Å²) in [5, 5.41) is 12.7. The van der Waals surface area contributed by atoms with Crippen LogP contribution >= 0.6 is 11.3 Å². The molecule has 0 saturated carbocycles. The van der Waals surface area contributed by atoms with Gasteiger partial charge in [0.05, 0.1) is 17.3 Å². The summed E-state index contributed by atoms with van der Waals surface area (Å²) in [5.74, 6) is 2.06. The highest BCUT2D eigenvalue weighted by molar-refractivity contribution is 7.17. The van der Waals surface area contributed by atoms with Crippen molar-refractivity contribution in [3.63, 3.8) is 0 Å². The maximum atomic E-state index is 12.1. The fourth-order valence-electron chi connectivity index (χ4n) is 3.27. The Morgan fingerprint density at radius 2 is 2.30 bits per heavy atom. The Morgan fingerprint density at radius 3 is 3.04 bits per heavy atom. The molecule has 2 N–H and O–H groups in total. The third-order valence-corrected chi connectivity index (χ3v) is 5.65. The molecule has 0 radical (unpaired) electrons. The Balaban J connectivity index is 1.70. The summed E-state index contributed by atoms with van der Waals surface area (Å²) in [6.45, 7) is 4.95. The number of hydrogen-bond acceptors (Lipinski definition) is 8. The average molecular weight is 386 g/mol. The highest BCUT2D eigenvalue weighted by atomic mass is 32.1. The fourth-order valence-corrected chi connectivity index (χ4v) is 4.05. The van der Waals surface area contributed by atoms with Crippen molar-refractivity contribution in [3.8, 4) is 0 Å². The first-order valence-corrected chi connectivity index (χ1v) is 9.87. The van der Waals surface area contributed by atoms with E-state index in [2.05, 4.69) is 34.3 Å². The Morgan fingerprint density at radius 1 is 1.44 bits per heavy atom. The number of nitrogens with one attached hydrogen (secondary N) is 2. The number of carbonyl (C=O) groups is 1. The average Bonchev–Trinajstić information content (AvgIpc) is 3.40. The second kappa shape index (κ2) is 7.15. The first-order valence-electron chi connectivity index (χ1n) is 8.99. The fraction of sp³-hybridized carbons (Fsp3) is 0.444. The molecule has 3 aromatic heterocycles. The van der Waals surface area contributed by atoms with Crippen LogP contribution in [0.25, 0.3) is 10.2 Å². The SMILES string of the molecule is COC(=O)C1CCCN1c1nc(Nc2cc(C(C)C)[nH]n2)c2sccc2n1. The van der Waals surface area contributed by atoms with E-state index in [0.29, 0.717) is 23.5 Å². The molecule has 1 unspecified atom stereocenters. The van der Waals surface area contributed by atoms with E-state index in [4.69, 9.17) is 9.72 Å². The van der Waals surface area contributed by atoms with E-state index >= 15 is 0 Å². The lowest BCUT2D eigenvalue weighted by molar-refractivity contribution is -0.141. The number of aromatic amines is 1. The zero-order valence-electron chi connectivity index (χ0n) is 15.5. The topological polar surface area (TPSA) is 96.0 Å². The number of carbonyl (C=O) groups excluding carboxylic acids is 1. The molecule has 1 saturated heterocycles. The van der Waals surface area contributed by atoms with Crippen molar-refractivity contribution < 1.29 is 9.53 Å². The van der Waals surface area contributed by atoms with Gasteiger partial charge in [0.1, 0.15) is 6.04 Å². The summed E-state index contributed by atoms with van der Waals surface area (Å²) in [5.41, 5.74) is 1.90. The molecule has 9 heteroatoms. The zero-order chi connectivity index (χ0) is 19.0. The number of anilines is 3. The van der Waals surface area contributed by atoms with Crippen molar-refractivity contribution in [2.75, 3.05) is 23.9 Å². The second-order valence-electron chi connectivity index (χ2n) is 6.87. The number of hydrogen-bond donors (Lipinski definition) is 2. The summed E-state index contributed by atoms with van der Waals surface area (Å²) in [7, 11) is 1.42. The Kier molecular flexibility index (Phi) is 4.69. The Hall–Kier alpha value is -2.68. The van der Waals surface area contributed by atoms with E-state index in [9.17, 15) is 4.79 Å². The standard InChI is InChI=1S/C18H22N6O2S/c1-10(2)12-9-14(23-22-12)20-16-15-11(6-8-27-15)19-18(21-16)24-7-4-5-13(24)17(25)26-3/h6,8-10,13H,4-5,7H2,1-3H3,(H2,19,20,21,22,23). The second-order valence-corrected chi connectivity index (χ2v) is 7.79. The number of methoxy groups -OCH3 is 1. The number of ether oxygens (including phenoxy) is 1. The molecule has 0 spiro atoms. The van der Waals surface area contributed by atoms with Crippen molar-refractivity contribution in [1.82, 2.24) is 20.2 Å². The molecule has 0 aromatic carbocycles. The van der Waals surface area contributed by atoms with Gasteiger partial charge in [0.25, 0.3) is 0 Å². The van der Waals surface area contributed by atoms with E-state index < -0.39 is 0 Å². The van der Waals surface area contributed by atoms with Crippen molar-refractivity contribution in [2.24, 2.45) is 0 Å². The first kappa shape index (κ1) is 17.7. The summed E-state index contributed by atoms with van der Waals surface area (Å²) >= 11 is 1.57. The molecule has 4 heterocycles. The van der Waals surface area contributed by atoms with Crippen LogP contribution in [0.2, 0.25) is 0 Å². The van der Waals surface area contributed by atoms with Gasteiger partial charge < -0.3 is 15.0 Å². The van der Waals surface area contributed by atoms with Gasteiger partial charge in [0, 0.05) is 18.3 Å². The van der Waals surface area contributed by atoms with Crippen LogP contribution in [-0.4, -0.2) is 45.8 Å². The predicted octanol–water partition coefficient (Wildman–Crippen LogP) is 3.42. The highest BCUT2D eigenvalue weighted by Crippen LogP contribution is 2.32. The monoisotopic (exact) mass is 386 g/mol. The molecule has 0 bridgehead atoms. The number of thiophene rings is 1. The van der Waals surface area contributed by atoms with Gasteiger partial charge >= 0.3 is 5.97 Å². The van der Waals surface area contributed by atoms with Gasteiger partial charge in [-0.1, -0.05) is 13.8 Å². The maximum Gasteiger partial charge on any atom is 0.328 e. The number of fused-ring (bicyclic) bond motifs is 1. The number of H-pyrrole nitrogens is 1. The zero-order valence-corrected chi connectivity index (χ0v) is 16.3. The van der Waals surface area contributed by atoms with Crippen molar-refractivity contribution in [2.45, 2.75) is 38.6 Å². The summed E-state index contributed by atoms with van der Waals surface area (Å²) in [6, 6.07) is 3.61. The molecule has 1 aliphatic heterocycles. The molecule has 1 atom stereocenters. The lowest BCUT2D eigenvalue weighted by atomic mass is 10.1. The van der Waals surface area contributed by atoms with E-state index in [0.717, 1.165) is 35.3 Å². The number of nitrogens with zero attached hydrogens (tertiary/aromatic N) is 4. The molecular weight excluding hydrogens is 364 g/mol. The minimum atomic E-state index is -0.336. The van der Waals surface area contributed by atoms with E-state index in [1.54, 1.807) is 11.3 Å².